The molecule has 16 N–H and O–H groups in total. The van der Waals surface area contributed by atoms with Gasteiger partial charge in [0.25, 0.3) is 0 Å². The zero-order chi connectivity index (χ0) is 72.1. The van der Waals surface area contributed by atoms with Gasteiger partial charge < -0.3 is 75.3 Å². The number of hydrogen-bond donors (Lipinski definition) is 14. The summed E-state index contributed by atoms with van der Waals surface area (Å²) in [5, 5.41) is 37.8. The molecule has 0 bridgehead atoms. The SMILES string of the molecule is CC(=O)N[C@H]1CCC[C@@H]1C(=O)N[C@H]1CCC[C@@H]1C(=O)N[C@H]1CCC[C@@H]1C(=O)N[C@H]1CCC[C@@H]1C(=O)N[C@H]1CCC[C@@H]1C(=O)N[C@H]1CCC[C@@H]1C(=O)N[C@H]1CCC[C@@H]1C(=O)N[C@H]1CCC[C@@H]1C(=O)N[C@@H](CCCCN)CC(=O)N[C@H]1CCC[C@@H]1C(=O)N[C@H]1CCC[C@@H]1C(=O)N[C@H]1CCC[C@@H]1C(N)=O. The van der Waals surface area contributed by atoms with Crippen molar-refractivity contribution in [3.05, 3.63) is 0 Å². The van der Waals surface area contributed by atoms with E-state index in [1.165, 1.54) is 6.92 Å². The van der Waals surface area contributed by atoms with E-state index in [1.54, 1.807) is 0 Å². The van der Waals surface area contributed by atoms with Crippen molar-refractivity contribution in [2.45, 2.75) is 317 Å². The van der Waals surface area contributed by atoms with Crippen molar-refractivity contribution < 1.29 is 62.3 Å². The highest BCUT2D eigenvalue weighted by Gasteiger charge is 2.48. The lowest BCUT2D eigenvalue weighted by molar-refractivity contribution is -0.132. The third-order valence-corrected chi connectivity index (χ3v) is 25.9. The second kappa shape index (κ2) is 35.7. The summed E-state index contributed by atoms with van der Waals surface area (Å²) < 4.78 is 0. The van der Waals surface area contributed by atoms with Gasteiger partial charge in [0.2, 0.25) is 76.8 Å². The van der Waals surface area contributed by atoms with Crippen molar-refractivity contribution in [3.63, 3.8) is 0 Å². The van der Waals surface area contributed by atoms with Crippen LogP contribution in [0.5, 0.6) is 0 Å². The smallest absolute Gasteiger partial charge is 0.225 e. The Morgan fingerprint density at radius 3 is 0.706 bits per heavy atom. The van der Waals surface area contributed by atoms with Gasteiger partial charge in [0.15, 0.2) is 0 Å². The number of primary amides is 1. The Bertz CT molecular complexity index is 3060. The topological polar surface area (TPSA) is 418 Å². The number of nitrogens with one attached hydrogen (secondary N) is 12. The normalized spacial score (nSPS) is 35.7. The van der Waals surface area contributed by atoms with Crippen LogP contribution < -0.4 is 75.3 Å². The lowest BCUT2D eigenvalue weighted by atomic mass is 9.95. The van der Waals surface area contributed by atoms with E-state index in [9.17, 15) is 62.3 Å². The van der Waals surface area contributed by atoms with Gasteiger partial charge in [-0.05, 0) is 161 Å². The highest BCUT2D eigenvalue weighted by Crippen LogP contribution is 2.38. The van der Waals surface area contributed by atoms with Gasteiger partial charge in [-0.3, -0.25) is 62.3 Å². The first kappa shape index (κ1) is 76.2. The predicted molar refractivity (Wildman–Crippen MR) is 376 cm³/mol. The van der Waals surface area contributed by atoms with Gasteiger partial charge in [-0.1, -0.05) is 77.0 Å². The molecule has 11 aliphatic carbocycles. The van der Waals surface area contributed by atoms with E-state index in [4.69, 9.17) is 11.5 Å². The first-order chi connectivity index (χ1) is 49.2. The number of rotatable bonds is 29. The molecule has 0 aromatic carbocycles. The van der Waals surface area contributed by atoms with Crippen molar-refractivity contribution >= 4 is 76.8 Å². The zero-order valence-electron chi connectivity index (χ0n) is 60.1. The van der Waals surface area contributed by atoms with Gasteiger partial charge in [-0.2, -0.15) is 0 Å². The summed E-state index contributed by atoms with van der Waals surface area (Å²) in [7, 11) is 0. The van der Waals surface area contributed by atoms with E-state index in [1.807, 2.05) is 0 Å². The summed E-state index contributed by atoms with van der Waals surface area (Å²) in [5.41, 5.74) is 11.5. The molecular formula is C75H118N14O13. The molecule has 27 nitrogen and oxygen atoms in total. The molecule has 13 amide bonds. The minimum Gasteiger partial charge on any atom is -0.369 e. The Morgan fingerprint density at radius 1 is 0.275 bits per heavy atom. The van der Waals surface area contributed by atoms with E-state index in [0.29, 0.717) is 167 Å². The van der Waals surface area contributed by atoms with E-state index >= 15 is 0 Å². The molecule has 23 atom stereocenters. The van der Waals surface area contributed by atoms with Gasteiger partial charge in [-0.25, -0.2) is 0 Å². The molecule has 11 saturated carbocycles. The number of carbonyl (C=O) groups is 13. The highest BCUT2D eigenvalue weighted by atomic mass is 16.2. The van der Waals surface area contributed by atoms with Gasteiger partial charge in [0.1, 0.15) is 0 Å². The Labute approximate surface area is 600 Å². The van der Waals surface area contributed by atoms with E-state index in [0.717, 1.165) is 70.6 Å². The van der Waals surface area contributed by atoms with Crippen LogP contribution in [0.25, 0.3) is 0 Å². The number of hydrogen-bond acceptors (Lipinski definition) is 14. The third kappa shape index (κ3) is 18.9. The quantitative estimate of drug-likeness (QED) is 0.0479. The first-order valence-corrected chi connectivity index (χ1v) is 39.8. The second-order valence-electron chi connectivity index (χ2n) is 32.5. The van der Waals surface area contributed by atoms with Crippen LogP contribution in [0.4, 0.5) is 0 Å². The summed E-state index contributed by atoms with van der Waals surface area (Å²) in [6.45, 7) is 1.90. The molecule has 0 radical (unpaired) electrons. The fourth-order valence-corrected chi connectivity index (χ4v) is 20.4. The number of nitrogens with two attached hydrogens (primary N) is 2. The maximum atomic E-state index is 14.3. The summed E-state index contributed by atoms with van der Waals surface area (Å²) in [5.74, 6) is -7.87. The fraction of sp³-hybridized carbons (Fsp3) is 0.827. The standard InChI is InChI=1S/C75H118N14O13/c1-40(90)78-54-28-5-17-43(54)67(94)83-58-32-9-21-47(58)71(98)86-60-34-11-23-49(60)73(100)88-62-36-13-25-51(62)75(102)89-63-37-14-26-52(63)74(101)87-61-35-12-24-50(61)72(99)85-59-33-10-22-48(59)70(97)82-56-30-7-19-45(56)66(93)79-41(15-2-3-38-76)39-64(91)80-55-29-6-18-44(55)68(95)84-57-31-8-20-46(57)69(96)81-53-27-4-16-42(53)65(77)92/h41-63H,2-39,76H2,1H3,(H2,77,92)(H,78,90)(H,79,93)(H,80,91)(H,81,96)(H,82,97)(H,83,94)(H,84,95)(H,85,99)(H,86,98)(H,87,101)(H,88,100)(H,89,102)/t41-,42-,43-,44-,45-,46-,47-,48-,49-,50-,51-,52-,53-,54-,55-,56-,57-,58-,59-,60-,61-,62-,63-/m0/s1. The van der Waals surface area contributed by atoms with E-state index < -0.39 is 107 Å². The van der Waals surface area contributed by atoms with Crippen molar-refractivity contribution in [2.24, 2.45) is 76.6 Å². The Kier molecular flexibility index (Phi) is 26.7. The fourth-order valence-electron chi connectivity index (χ4n) is 20.4. The minimum atomic E-state index is -0.534. The molecule has 102 heavy (non-hydrogen) atoms. The molecule has 0 aliphatic heterocycles. The second-order valence-corrected chi connectivity index (χ2v) is 32.5. The Balaban J connectivity index is 0.609. The van der Waals surface area contributed by atoms with Crippen molar-refractivity contribution in [1.82, 2.24) is 63.8 Å². The average molecular weight is 1420 g/mol. The summed E-state index contributed by atoms with van der Waals surface area (Å²) in [6, 6.07) is -4.64. The molecule has 0 saturated heterocycles. The predicted octanol–water partition coefficient (Wildman–Crippen LogP) is 2.63. The monoisotopic (exact) mass is 1420 g/mol. The van der Waals surface area contributed by atoms with Crippen molar-refractivity contribution in [2.75, 3.05) is 6.54 Å². The molecular weight excluding hydrogens is 1300 g/mol. The molecule has 566 valence electrons. The Hall–Kier alpha value is -6.93. The highest BCUT2D eigenvalue weighted by molar-refractivity contribution is 5.90. The summed E-state index contributed by atoms with van der Waals surface area (Å²) in [6.07, 6.45) is 23.9. The molecule has 11 rings (SSSR count). The maximum Gasteiger partial charge on any atom is 0.225 e. The van der Waals surface area contributed by atoms with E-state index in [2.05, 4.69) is 63.8 Å². The molecule has 27 heteroatoms. The molecule has 11 fully saturated rings. The van der Waals surface area contributed by atoms with Crippen LogP contribution in [0.2, 0.25) is 0 Å². The van der Waals surface area contributed by atoms with Crippen LogP contribution in [0.1, 0.15) is 244 Å². The molecule has 11 aliphatic rings. The minimum absolute atomic E-state index is 0.00344. The molecule has 0 spiro atoms. The van der Waals surface area contributed by atoms with Crippen LogP contribution in [-0.4, -0.2) is 156 Å². The molecule has 0 unspecified atom stereocenters. The zero-order valence-corrected chi connectivity index (χ0v) is 60.1. The third-order valence-electron chi connectivity index (χ3n) is 25.9. The number of carbonyl (C=O) groups excluding carboxylic acids is 13. The largest absolute Gasteiger partial charge is 0.369 e. The maximum absolute atomic E-state index is 14.3. The van der Waals surface area contributed by atoms with Gasteiger partial charge >= 0.3 is 0 Å². The lowest BCUT2D eigenvalue weighted by Gasteiger charge is -2.29. The summed E-state index contributed by atoms with van der Waals surface area (Å²) in [4.78, 5) is 178. The van der Waals surface area contributed by atoms with E-state index in [-0.39, 0.29) is 113 Å². The molecule has 0 aromatic heterocycles. The average Bonchev–Trinajstić information content (AvgIpc) is 1.70. The van der Waals surface area contributed by atoms with Crippen molar-refractivity contribution in [1.29, 1.82) is 0 Å². The Morgan fingerprint density at radius 2 is 0.480 bits per heavy atom. The lowest BCUT2D eigenvalue weighted by Crippen LogP contribution is -2.54. The first-order valence-electron chi connectivity index (χ1n) is 39.8. The summed E-state index contributed by atoms with van der Waals surface area (Å²) >= 11 is 0. The van der Waals surface area contributed by atoms with Crippen LogP contribution in [0.15, 0.2) is 0 Å². The van der Waals surface area contributed by atoms with Gasteiger partial charge in [0, 0.05) is 85.8 Å². The molecule has 0 heterocycles. The molecule has 0 aromatic rings. The number of unbranched alkanes of at least 4 members (excludes halogenated alkanes) is 1. The van der Waals surface area contributed by atoms with Gasteiger partial charge in [0.05, 0.1) is 65.1 Å². The van der Waals surface area contributed by atoms with Gasteiger partial charge in [-0.15, -0.1) is 0 Å². The number of amides is 13. The van der Waals surface area contributed by atoms with Crippen LogP contribution in [-0.2, 0) is 62.3 Å². The van der Waals surface area contributed by atoms with Crippen molar-refractivity contribution in [3.8, 4) is 0 Å². The van der Waals surface area contributed by atoms with Crippen LogP contribution in [0.3, 0.4) is 0 Å². The van der Waals surface area contributed by atoms with Crippen LogP contribution >= 0.6 is 0 Å². The van der Waals surface area contributed by atoms with Crippen LogP contribution in [0, 0.1) is 65.1 Å².